The quantitative estimate of drug-likeness (QED) is 0.923. The average molecular weight is 323 g/mol. The number of aromatic amines is 1. The van der Waals surface area contributed by atoms with Gasteiger partial charge in [0.25, 0.3) is 5.91 Å². The number of anilines is 1. The molecule has 2 amide bonds. The lowest BCUT2D eigenvalue weighted by Crippen LogP contribution is -2.34. The molecule has 1 aromatic heterocycles. The lowest BCUT2D eigenvalue weighted by Gasteiger charge is -2.24. The SMILES string of the molecule is Cc1ccc(N2C[C@@]3(CCN(C(=O)c4cc[nH]c4)C3)CC2=O)cc1. The highest BCUT2D eigenvalue weighted by atomic mass is 16.2. The van der Waals surface area contributed by atoms with Gasteiger partial charge in [0.2, 0.25) is 5.91 Å². The van der Waals surface area contributed by atoms with Crippen LogP contribution in [0.15, 0.2) is 42.7 Å². The molecule has 4 rings (SSSR count). The Morgan fingerprint density at radius 3 is 2.67 bits per heavy atom. The Bertz CT molecular complexity index is 766. The van der Waals surface area contributed by atoms with Gasteiger partial charge in [-0.05, 0) is 31.5 Å². The van der Waals surface area contributed by atoms with E-state index in [0.29, 0.717) is 25.1 Å². The van der Waals surface area contributed by atoms with Crippen LogP contribution in [0.5, 0.6) is 0 Å². The van der Waals surface area contributed by atoms with Crippen LogP contribution in [0.25, 0.3) is 0 Å². The van der Waals surface area contributed by atoms with Gasteiger partial charge in [-0.1, -0.05) is 17.7 Å². The maximum absolute atomic E-state index is 12.5. The highest BCUT2D eigenvalue weighted by Crippen LogP contribution is 2.42. The molecule has 0 bridgehead atoms. The Hall–Kier alpha value is -2.56. The van der Waals surface area contributed by atoms with Crippen LogP contribution in [0, 0.1) is 12.3 Å². The van der Waals surface area contributed by atoms with E-state index in [4.69, 9.17) is 0 Å². The number of H-pyrrole nitrogens is 1. The molecule has 1 spiro atoms. The zero-order chi connectivity index (χ0) is 16.7. The minimum atomic E-state index is -0.103. The normalized spacial score (nSPS) is 23.5. The summed E-state index contributed by atoms with van der Waals surface area (Å²) in [4.78, 5) is 31.8. The standard InChI is InChI=1S/C19H21N3O2/c1-14-2-4-16(5-3-14)22-13-19(10-17(22)23)7-9-21(12-19)18(24)15-6-8-20-11-15/h2-6,8,11,20H,7,9-10,12-13H2,1H3/t19-/m0/s1. The second-order valence-electron chi connectivity index (χ2n) is 7.07. The third-order valence-electron chi connectivity index (χ3n) is 5.24. The van der Waals surface area contributed by atoms with Gasteiger partial charge in [-0.15, -0.1) is 0 Å². The van der Waals surface area contributed by atoms with E-state index in [0.717, 1.165) is 18.7 Å². The first-order chi connectivity index (χ1) is 11.6. The van der Waals surface area contributed by atoms with Crippen LogP contribution in [0.2, 0.25) is 0 Å². The van der Waals surface area contributed by atoms with Crippen LogP contribution in [0.4, 0.5) is 5.69 Å². The largest absolute Gasteiger partial charge is 0.367 e. The minimum absolute atomic E-state index is 0.0503. The number of benzene rings is 1. The molecule has 0 aliphatic carbocycles. The van der Waals surface area contributed by atoms with E-state index in [9.17, 15) is 9.59 Å². The van der Waals surface area contributed by atoms with Crippen LogP contribution >= 0.6 is 0 Å². The molecular formula is C19H21N3O2. The second-order valence-corrected chi connectivity index (χ2v) is 7.07. The predicted octanol–water partition coefficient (Wildman–Crippen LogP) is 2.59. The fourth-order valence-electron chi connectivity index (χ4n) is 3.88. The number of amides is 2. The van der Waals surface area contributed by atoms with Crippen molar-refractivity contribution in [1.29, 1.82) is 0 Å². The predicted molar refractivity (Wildman–Crippen MR) is 91.9 cm³/mol. The van der Waals surface area contributed by atoms with Gasteiger partial charge < -0.3 is 14.8 Å². The summed E-state index contributed by atoms with van der Waals surface area (Å²) in [5.41, 5.74) is 2.72. The number of carbonyl (C=O) groups excluding carboxylic acids is 2. The fraction of sp³-hybridized carbons (Fsp3) is 0.368. The first-order valence-electron chi connectivity index (χ1n) is 8.35. The molecule has 2 aromatic rings. The van der Waals surface area contributed by atoms with Gasteiger partial charge in [0.15, 0.2) is 0 Å². The first-order valence-corrected chi connectivity index (χ1v) is 8.35. The lowest BCUT2D eigenvalue weighted by atomic mass is 9.86. The van der Waals surface area contributed by atoms with Crippen LogP contribution < -0.4 is 4.90 Å². The smallest absolute Gasteiger partial charge is 0.255 e. The first kappa shape index (κ1) is 15.0. The van der Waals surface area contributed by atoms with Crippen molar-refractivity contribution in [3.63, 3.8) is 0 Å². The van der Waals surface area contributed by atoms with E-state index in [2.05, 4.69) is 4.98 Å². The van der Waals surface area contributed by atoms with E-state index in [-0.39, 0.29) is 17.2 Å². The molecular weight excluding hydrogens is 302 g/mol. The molecule has 5 heteroatoms. The van der Waals surface area contributed by atoms with Gasteiger partial charge >= 0.3 is 0 Å². The summed E-state index contributed by atoms with van der Waals surface area (Å²) in [5.74, 6) is 0.212. The van der Waals surface area contributed by atoms with E-state index in [1.165, 1.54) is 5.56 Å². The summed E-state index contributed by atoms with van der Waals surface area (Å²) in [5, 5.41) is 0. The van der Waals surface area contributed by atoms with Gasteiger partial charge in [-0.25, -0.2) is 0 Å². The van der Waals surface area contributed by atoms with Gasteiger partial charge in [-0.3, -0.25) is 9.59 Å². The molecule has 124 valence electrons. The zero-order valence-corrected chi connectivity index (χ0v) is 13.8. The van der Waals surface area contributed by atoms with Crippen molar-refractivity contribution >= 4 is 17.5 Å². The summed E-state index contributed by atoms with van der Waals surface area (Å²) in [6.45, 7) is 4.12. The number of aryl methyl sites for hydroxylation is 1. The Morgan fingerprint density at radius 1 is 1.17 bits per heavy atom. The highest BCUT2D eigenvalue weighted by Gasteiger charge is 2.48. The molecule has 2 aliphatic heterocycles. The van der Waals surface area contributed by atoms with Crippen molar-refractivity contribution in [2.45, 2.75) is 19.8 Å². The third kappa shape index (κ3) is 2.50. The molecule has 2 fully saturated rings. The van der Waals surface area contributed by atoms with E-state index >= 15 is 0 Å². The van der Waals surface area contributed by atoms with Crippen molar-refractivity contribution in [1.82, 2.24) is 9.88 Å². The molecule has 1 atom stereocenters. The van der Waals surface area contributed by atoms with Crippen LogP contribution in [-0.2, 0) is 4.79 Å². The monoisotopic (exact) mass is 323 g/mol. The van der Waals surface area contributed by atoms with Gasteiger partial charge in [0.1, 0.15) is 0 Å². The Labute approximate surface area is 141 Å². The molecule has 5 nitrogen and oxygen atoms in total. The molecule has 2 aliphatic rings. The van der Waals surface area contributed by atoms with Gasteiger partial charge in [-0.2, -0.15) is 0 Å². The minimum Gasteiger partial charge on any atom is -0.367 e. The number of likely N-dealkylation sites (tertiary alicyclic amines) is 1. The van der Waals surface area contributed by atoms with E-state index < -0.39 is 0 Å². The Balaban J connectivity index is 1.50. The number of nitrogens with zero attached hydrogens (tertiary/aromatic N) is 2. The van der Waals surface area contributed by atoms with Crippen LogP contribution in [0.3, 0.4) is 0 Å². The summed E-state index contributed by atoms with van der Waals surface area (Å²) in [6.07, 6.45) is 4.90. The summed E-state index contributed by atoms with van der Waals surface area (Å²) in [7, 11) is 0. The fourth-order valence-corrected chi connectivity index (χ4v) is 3.88. The van der Waals surface area contributed by atoms with Crippen LogP contribution in [0.1, 0.15) is 28.8 Å². The molecule has 0 saturated carbocycles. The zero-order valence-electron chi connectivity index (χ0n) is 13.8. The Morgan fingerprint density at radius 2 is 1.96 bits per heavy atom. The summed E-state index contributed by atoms with van der Waals surface area (Å²) >= 11 is 0. The molecule has 0 unspecified atom stereocenters. The van der Waals surface area contributed by atoms with E-state index in [1.54, 1.807) is 18.5 Å². The average Bonchev–Trinajstić information content (AvgIpc) is 3.29. The molecule has 0 radical (unpaired) electrons. The lowest BCUT2D eigenvalue weighted by molar-refractivity contribution is -0.117. The van der Waals surface area contributed by atoms with Crippen molar-refractivity contribution in [2.24, 2.45) is 5.41 Å². The van der Waals surface area contributed by atoms with E-state index in [1.807, 2.05) is 41.0 Å². The maximum atomic E-state index is 12.5. The Kier molecular flexibility index (Phi) is 3.44. The number of hydrogen-bond donors (Lipinski definition) is 1. The summed E-state index contributed by atoms with van der Waals surface area (Å²) < 4.78 is 0. The van der Waals surface area contributed by atoms with Crippen molar-refractivity contribution in [2.75, 3.05) is 24.5 Å². The number of hydrogen-bond acceptors (Lipinski definition) is 2. The van der Waals surface area contributed by atoms with Crippen molar-refractivity contribution < 1.29 is 9.59 Å². The molecule has 3 heterocycles. The molecule has 1 N–H and O–H groups in total. The van der Waals surface area contributed by atoms with Gasteiger partial charge in [0, 0.05) is 49.6 Å². The highest BCUT2D eigenvalue weighted by molar-refractivity contribution is 5.97. The topological polar surface area (TPSA) is 56.4 Å². The number of aromatic nitrogens is 1. The second kappa shape index (κ2) is 5.51. The third-order valence-corrected chi connectivity index (χ3v) is 5.24. The van der Waals surface area contributed by atoms with Crippen molar-refractivity contribution in [3.05, 3.63) is 53.9 Å². The summed E-state index contributed by atoms with van der Waals surface area (Å²) in [6, 6.07) is 9.87. The van der Waals surface area contributed by atoms with Gasteiger partial charge in [0.05, 0.1) is 5.56 Å². The van der Waals surface area contributed by atoms with Crippen molar-refractivity contribution in [3.8, 4) is 0 Å². The molecule has 1 aromatic carbocycles. The number of nitrogens with one attached hydrogen (secondary N) is 1. The maximum Gasteiger partial charge on any atom is 0.255 e. The van der Waals surface area contributed by atoms with Crippen LogP contribution in [-0.4, -0.2) is 41.3 Å². The molecule has 24 heavy (non-hydrogen) atoms. The number of carbonyl (C=O) groups is 2. The molecule has 2 saturated heterocycles. The number of rotatable bonds is 2.